The van der Waals surface area contributed by atoms with Crippen LogP contribution in [0.2, 0.25) is 0 Å². The summed E-state index contributed by atoms with van der Waals surface area (Å²) in [6, 6.07) is 13.6. The number of nitrogens with zero attached hydrogens (tertiary/aromatic N) is 2. The van der Waals surface area contributed by atoms with E-state index in [-0.39, 0.29) is 12.6 Å². The predicted molar refractivity (Wildman–Crippen MR) is 121 cm³/mol. The third kappa shape index (κ3) is 6.60. The molecule has 0 unspecified atom stereocenters. The molecule has 0 radical (unpaired) electrons. The Morgan fingerprint density at radius 3 is 2.19 bits per heavy atom. The summed E-state index contributed by atoms with van der Waals surface area (Å²) >= 11 is 0. The lowest BCUT2D eigenvalue weighted by atomic mass is 10.1. The van der Waals surface area contributed by atoms with E-state index in [0.717, 1.165) is 42.2 Å². The molecule has 1 aliphatic heterocycles. The zero-order chi connectivity index (χ0) is 22.4. The fourth-order valence-electron chi connectivity index (χ4n) is 3.39. The van der Waals surface area contributed by atoms with Crippen LogP contribution < -0.4 is 19.1 Å². The number of anilines is 2. The van der Waals surface area contributed by atoms with Gasteiger partial charge in [-0.05, 0) is 68.4 Å². The van der Waals surface area contributed by atoms with Crippen LogP contribution in [-0.4, -0.2) is 65.4 Å². The Bertz CT molecular complexity index is 969. The summed E-state index contributed by atoms with van der Waals surface area (Å²) < 4.78 is 36.6. The maximum Gasteiger partial charge on any atom is 0.245 e. The summed E-state index contributed by atoms with van der Waals surface area (Å²) in [5.41, 5.74) is 0.962. The van der Waals surface area contributed by atoms with Gasteiger partial charge in [0.15, 0.2) is 0 Å². The van der Waals surface area contributed by atoms with Gasteiger partial charge < -0.3 is 19.7 Å². The first-order chi connectivity index (χ1) is 14.7. The molecule has 0 spiro atoms. The summed E-state index contributed by atoms with van der Waals surface area (Å²) in [7, 11) is -0.0107. The van der Waals surface area contributed by atoms with Gasteiger partial charge >= 0.3 is 0 Å². The van der Waals surface area contributed by atoms with Crippen molar-refractivity contribution in [2.24, 2.45) is 0 Å². The molecular formula is C22H29N3O5S. The summed E-state index contributed by atoms with van der Waals surface area (Å²) in [6.45, 7) is 1.70. The molecule has 0 bridgehead atoms. The zero-order valence-corrected chi connectivity index (χ0v) is 18.9. The Balaban J connectivity index is 1.60. The molecule has 0 saturated carbocycles. The molecule has 9 heteroatoms. The van der Waals surface area contributed by atoms with Gasteiger partial charge in [0.1, 0.15) is 24.1 Å². The van der Waals surface area contributed by atoms with Crippen molar-refractivity contribution in [3.8, 4) is 11.5 Å². The summed E-state index contributed by atoms with van der Waals surface area (Å²) in [4.78, 5) is 14.8. The second-order valence-corrected chi connectivity index (χ2v) is 9.57. The predicted octanol–water partition coefficient (Wildman–Crippen LogP) is 2.57. The number of ether oxygens (including phenoxy) is 2. The number of nitrogens with one attached hydrogen (secondary N) is 1. The SMILES string of the molecule is COc1ccc(N(CC(=O)Nc2ccc(OC3CCN(C)CC3)cc2)S(C)(=O)=O)cc1. The van der Waals surface area contributed by atoms with Crippen LogP contribution in [0.15, 0.2) is 48.5 Å². The van der Waals surface area contributed by atoms with Crippen LogP contribution in [0.4, 0.5) is 11.4 Å². The number of hydrogen-bond acceptors (Lipinski definition) is 6. The number of carbonyl (C=O) groups is 1. The fourth-order valence-corrected chi connectivity index (χ4v) is 4.25. The highest BCUT2D eigenvalue weighted by molar-refractivity contribution is 7.92. The second-order valence-electron chi connectivity index (χ2n) is 7.66. The van der Waals surface area contributed by atoms with Gasteiger partial charge in [-0.1, -0.05) is 0 Å². The number of sulfonamides is 1. The molecule has 1 heterocycles. The number of piperidine rings is 1. The van der Waals surface area contributed by atoms with Crippen LogP contribution in [0, 0.1) is 0 Å². The van der Waals surface area contributed by atoms with Crippen molar-refractivity contribution in [2.75, 3.05) is 49.7 Å². The van der Waals surface area contributed by atoms with Crippen molar-refractivity contribution < 1.29 is 22.7 Å². The first-order valence-electron chi connectivity index (χ1n) is 10.1. The van der Waals surface area contributed by atoms with Crippen molar-refractivity contribution in [1.29, 1.82) is 0 Å². The molecule has 1 amide bonds. The average Bonchev–Trinajstić information content (AvgIpc) is 2.74. The van der Waals surface area contributed by atoms with Gasteiger partial charge in [0.2, 0.25) is 15.9 Å². The molecule has 1 aliphatic rings. The third-order valence-corrected chi connectivity index (χ3v) is 6.29. The van der Waals surface area contributed by atoms with E-state index in [2.05, 4.69) is 17.3 Å². The maximum absolute atomic E-state index is 12.5. The lowest BCUT2D eigenvalue weighted by molar-refractivity contribution is -0.114. The fraction of sp³-hybridized carbons (Fsp3) is 0.409. The van der Waals surface area contributed by atoms with Gasteiger partial charge in [0, 0.05) is 18.8 Å². The van der Waals surface area contributed by atoms with Crippen LogP contribution in [0.1, 0.15) is 12.8 Å². The molecule has 0 aromatic heterocycles. The molecule has 1 saturated heterocycles. The Morgan fingerprint density at radius 2 is 1.65 bits per heavy atom. The zero-order valence-electron chi connectivity index (χ0n) is 18.1. The van der Waals surface area contributed by atoms with Gasteiger partial charge in [-0.2, -0.15) is 0 Å². The van der Waals surface area contributed by atoms with E-state index >= 15 is 0 Å². The molecule has 1 N–H and O–H groups in total. The molecule has 2 aromatic carbocycles. The molecule has 2 aromatic rings. The topological polar surface area (TPSA) is 88.2 Å². The quantitative estimate of drug-likeness (QED) is 0.669. The Morgan fingerprint density at radius 1 is 1.06 bits per heavy atom. The molecule has 3 rings (SSSR count). The number of amides is 1. The van der Waals surface area contributed by atoms with Crippen molar-refractivity contribution in [3.05, 3.63) is 48.5 Å². The monoisotopic (exact) mass is 447 g/mol. The number of benzene rings is 2. The van der Waals surface area contributed by atoms with Gasteiger partial charge in [-0.3, -0.25) is 9.10 Å². The number of carbonyl (C=O) groups excluding carboxylic acids is 1. The van der Waals surface area contributed by atoms with Gasteiger partial charge in [0.25, 0.3) is 0 Å². The molecular weight excluding hydrogens is 418 g/mol. The largest absolute Gasteiger partial charge is 0.497 e. The lowest BCUT2D eigenvalue weighted by Gasteiger charge is -2.29. The van der Waals surface area contributed by atoms with E-state index < -0.39 is 15.9 Å². The summed E-state index contributed by atoms with van der Waals surface area (Å²) in [5.74, 6) is 0.915. The average molecular weight is 448 g/mol. The smallest absolute Gasteiger partial charge is 0.245 e. The standard InChI is InChI=1S/C22H29N3O5S/c1-24-14-12-21(13-15-24)30-20-8-4-17(5-9-20)23-22(26)16-25(31(3,27)28)18-6-10-19(29-2)11-7-18/h4-11,21H,12-16H2,1-3H3,(H,23,26). The van der Waals surface area contributed by atoms with E-state index in [9.17, 15) is 13.2 Å². The Labute approximate surface area is 183 Å². The maximum atomic E-state index is 12.5. The summed E-state index contributed by atoms with van der Waals surface area (Å²) in [6.07, 6.45) is 3.24. The molecule has 0 aliphatic carbocycles. The van der Waals surface area contributed by atoms with Crippen LogP contribution in [0.5, 0.6) is 11.5 Å². The number of methoxy groups -OCH3 is 1. The third-order valence-electron chi connectivity index (χ3n) is 5.15. The molecule has 0 atom stereocenters. The van der Waals surface area contributed by atoms with E-state index in [1.807, 2.05) is 12.1 Å². The highest BCUT2D eigenvalue weighted by atomic mass is 32.2. The van der Waals surface area contributed by atoms with Crippen molar-refractivity contribution in [2.45, 2.75) is 18.9 Å². The Hall–Kier alpha value is -2.78. The van der Waals surface area contributed by atoms with Gasteiger partial charge in [0.05, 0.1) is 19.1 Å². The minimum absolute atomic E-state index is 0.199. The first kappa shape index (κ1) is 22.9. The summed E-state index contributed by atoms with van der Waals surface area (Å²) in [5, 5.41) is 2.74. The normalized spacial score (nSPS) is 15.3. The van der Waals surface area contributed by atoms with E-state index in [4.69, 9.17) is 9.47 Å². The minimum Gasteiger partial charge on any atom is -0.497 e. The molecule has 8 nitrogen and oxygen atoms in total. The number of rotatable bonds is 8. The van der Waals surface area contributed by atoms with Crippen molar-refractivity contribution >= 4 is 27.3 Å². The van der Waals surface area contributed by atoms with Crippen LogP contribution >= 0.6 is 0 Å². The first-order valence-corrected chi connectivity index (χ1v) is 12.0. The van der Waals surface area contributed by atoms with E-state index in [1.165, 1.54) is 7.11 Å². The van der Waals surface area contributed by atoms with Gasteiger partial charge in [-0.25, -0.2) is 8.42 Å². The second kappa shape index (κ2) is 10.0. The van der Waals surface area contributed by atoms with Crippen LogP contribution in [0.3, 0.4) is 0 Å². The number of hydrogen-bond donors (Lipinski definition) is 1. The lowest BCUT2D eigenvalue weighted by Crippen LogP contribution is -2.37. The van der Waals surface area contributed by atoms with Crippen molar-refractivity contribution in [1.82, 2.24) is 4.90 Å². The van der Waals surface area contributed by atoms with E-state index in [1.54, 1.807) is 36.4 Å². The van der Waals surface area contributed by atoms with Crippen LogP contribution in [-0.2, 0) is 14.8 Å². The highest BCUT2D eigenvalue weighted by Gasteiger charge is 2.21. The minimum atomic E-state index is -3.64. The van der Waals surface area contributed by atoms with E-state index in [0.29, 0.717) is 17.1 Å². The van der Waals surface area contributed by atoms with Crippen molar-refractivity contribution in [3.63, 3.8) is 0 Å². The molecule has 31 heavy (non-hydrogen) atoms. The molecule has 1 fully saturated rings. The molecule has 168 valence electrons. The number of likely N-dealkylation sites (tertiary alicyclic amines) is 1. The Kier molecular flexibility index (Phi) is 7.40. The van der Waals surface area contributed by atoms with Crippen LogP contribution in [0.25, 0.3) is 0 Å². The highest BCUT2D eigenvalue weighted by Crippen LogP contribution is 2.23. The van der Waals surface area contributed by atoms with Gasteiger partial charge in [-0.15, -0.1) is 0 Å².